The summed E-state index contributed by atoms with van der Waals surface area (Å²) in [6.07, 6.45) is 1.59. The highest BCUT2D eigenvalue weighted by molar-refractivity contribution is 5.85. The number of hydrogen-bond donors (Lipinski definition) is 2. The second kappa shape index (κ2) is 14.5. The first-order valence-electron chi connectivity index (χ1n) is 10.6. The van der Waals surface area contributed by atoms with Gasteiger partial charge in [0.2, 0.25) is 0 Å². The summed E-state index contributed by atoms with van der Waals surface area (Å²) in [4.78, 5) is 24.2. The highest BCUT2D eigenvalue weighted by Crippen LogP contribution is 2.28. The van der Waals surface area contributed by atoms with E-state index in [2.05, 4.69) is 11.9 Å². The standard InChI is InChI=1S/C25H27F2NO7/c1-3-14-34-23(30)6-4-5-22(32-2)24(17-7-10-19(11-8-17)33-15-13-29)35-25(31)28-21-12-9-18(26)16-20(21)27/h3-4,6-12,16,22,24,29H,1,5,13-15H2,2H3,(H,28,31)/b6-4+/t22-,24-/m0/s1. The molecule has 35 heavy (non-hydrogen) atoms. The third-order valence-corrected chi connectivity index (χ3v) is 4.58. The summed E-state index contributed by atoms with van der Waals surface area (Å²) in [5.74, 6) is -1.85. The molecule has 0 aliphatic heterocycles. The van der Waals surface area contributed by atoms with E-state index in [4.69, 9.17) is 24.1 Å². The van der Waals surface area contributed by atoms with E-state index in [1.54, 1.807) is 24.3 Å². The van der Waals surface area contributed by atoms with Crippen molar-refractivity contribution in [3.8, 4) is 5.75 Å². The van der Waals surface area contributed by atoms with Gasteiger partial charge in [0, 0.05) is 19.3 Å². The molecule has 0 radical (unpaired) electrons. The molecule has 8 nitrogen and oxygen atoms in total. The van der Waals surface area contributed by atoms with Crippen LogP contribution in [0.15, 0.2) is 67.3 Å². The van der Waals surface area contributed by atoms with Crippen molar-refractivity contribution in [2.75, 3.05) is 32.2 Å². The van der Waals surface area contributed by atoms with Crippen LogP contribution in [0.2, 0.25) is 0 Å². The molecule has 2 atom stereocenters. The lowest BCUT2D eigenvalue weighted by molar-refractivity contribution is -0.136. The summed E-state index contributed by atoms with van der Waals surface area (Å²) in [5, 5.41) is 11.1. The maximum Gasteiger partial charge on any atom is 0.412 e. The van der Waals surface area contributed by atoms with Crippen LogP contribution in [0.5, 0.6) is 5.75 Å². The number of methoxy groups -OCH3 is 1. The van der Waals surface area contributed by atoms with E-state index in [1.807, 2.05) is 0 Å². The minimum atomic E-state index is -1.00. The van der Waals surface area contributed by atoms with E-state index >= 15 is 0 Å². The highest BCUT2D eigenvalue weighted by Gasteiger charge is 2.27. The average Bonchev–Trinajstić information content (AvgIpc) is 2.85. The lowest BCUT2D eigenvalue weighted by atomic mass is 10.0. The van der Waals surface area contributed by atoms with Gasteiger partial charge >= 0.3 is 12.1 Å². The number of carbonyl (C=O) groups is 2. The van der Waals surface area contributed by atoms with E-state index in [0.29, 0.717) is 17.4 Å². The topological polar surface area (TPSA) is 103 Å². The number of halogens is 2. The van der Waals surface area contributed by atoms with Gasteiger partial charge in [-0.05, 0) is 36.2 Å². The van der Waals surface area contributed by atoms with E-state index < -0.39 is 35.9 Å². The van der Waals surface area contributed by atoms with Crippen molar-refractivity contribution in [1.29, 1.82) is 0 Å². The Morgan fingerprint density at radius 1 is 1.17 bits per heavy atom. The second-order valence-corrected chi connectivity index (χ2v) is 7.05. The van der Waals surface area contributed by atoms with Gasteiger partial charge in [0.1, 0.15) is 36.7 Å². The molecule has 10 heteroatoms. The Bertz CT molecular complexity index is 1010. The van der Waals surface area contributed by atoms with Gasteiger partial charge < -0.3 is 24.1 Å². The minimum absolute atomic E-state index is 0.0629. The summed E-state index contributed by atoms with van der Waals surface area (Å²) in [6.45, 7) is 3.48. The molecule has 0 saturated heterocycles. The van der Waals surface area contributed by atoms with Gasteiger partial charge in [-0.3, -0.25) is 5.32 Å². The Morgan fingerprint density at radius 2 is 1.91 bits per heavy atom. The number of aliphatic hydroxyl groups excluding tert-OH is 1. The fraction of sp³-hybridized carbons (Fsp3) is 0.280. The minimum Gasteiger partial charge on any atom is -0.491 e. The van der Waals surface area contributed by atoms with E-state index in [1.165, 1.54) is 25.3 Å². The highest BCUT2D eigenvalue weighted by atomic mass is 19.1. The van der Waals surface area contributed by atoms with Crippen molar-refractivity contribution in [1.82, 2.24) is 0 Å². The molecule has 0 fully saturated rings. The average molecular weight is 491 g/mol. The summed E-state index contributed by atoms with van der Waals surface area (Å²) in [7, 11) is 1.40. The van der Waals surface area contributed by atoms with Gasteiger partial charge in [-0.2, -0.15) is 0 Å². The Hall–Kier alpha value is -3.76. The number of hydrogen-bond acceptors (Lipinski definition) is 7. The van der Waals surface area contributed by atoms with Crippen LogP contribution in [-0.2, 0) is 19.0 Å². The summed E-state index contributed by atoms with van der Waals surface area (Å²) in [5.41, 5.74) is 0.257. The summed E-state index contributed by atoms with van der Waals surface area (Å²) < 4.78 is 48.4. The molecule has 2 aromatic carbocycles. The molecule has 2 aromatic rings. The van der Waals surface area contributed by atoms with Gasteiger partial charge in [0.15, 0.2) is 6.10 Å². The third-order valence-electron chi connectivity index (χ3n) is 4.58. The number of rotatable bonds is 13. The maximum atomic E-state index is 13.9. The number of ether oxygens (including phenoxy) is 4. The fourth-order valence-electron chi connectivity index (χ4n) is 2.95. The van der Waals surface area contributed by atoms with Crippen LogP contribution in [0.3, 0.4) is 0 Å². The number of nitrogens with one attached hydrogen (secondary N) is 1. The molecule has 2 N–H and O–H groups in total. The quantitative estimate of drug-likeness (QED) is 0.244. The molecule has 0 saturated carbocycles. The molecule has 0 aliphatic rings. The van der Waals surface area contributed by atoms with E-state index in [0.717, 1.165) is 12.1 Å². The van der Waals surface area contributed by atoms with Crippen molar-refractivity contribution in [2.45, 2.75) is 18.6 Å². The molecule has 188 valence electrons. The maximum absolute atomic E-state index is 13.9. The van der Waals surface area contributed by atoms with Crippen LogP contribution in [0.1, 0.15) is 18.1 Å². The van der Waals surface area contributed by atoms with Gasteiger partial charge in [0.25, 0.3) is 0 Å². The molecule has 0 aliphatic carbocycles. The smallest absolute Gasteiger partial charge is 0.412 e. The lowest BCUT2D eigenvalue weighted by Gasteiger charge is -2.26. The molecule has 0 heterocycles. The summed E-state index contributed by atoms with van der Waals surface area (Å²) >= 11 is 0. The fourth-order valence-corrected chi connectivity index (χ4v) is 2.95. The van der Waals surface area contributed by atoms with Crippen LogP contribution in [-0.4, -0.2) is 50.2 Å². The second-order valence-electron chi connectivity index (χ2n) is 7.05. The Kier molecular flexibility index (Phi) is 11.4. The van der Waals surface area contributed by atoms with Crippen LogP contribution >= 0.6 is 0 Å². The number of carbonyl (C=O) groups excluding carboxylic acids is 2. The molecule has 0 aromatic heterocycles. The molecule has 0 unspecified atom stereocenters. The largest absolute Gasteiger partial charge is 0.491 e. The van der Waals surface area contributed by atoms with Crippen LogP contribution in [0, 0.1) is 11.6 Å². The number of amides is 1. The predicted molar refractivity (Wildman–Crippen MR) is 124 cm³/mol. The Balaban J connectivity index is 2.21. The van der Waals surface area contributed by atoms with Gasteiger partial charge in [0.05, 0.1) is 12.3 Å². The van der Waals surface area contributed by atoms with Gasteiger partial charge in [-0.1, -0.05) is 30.9 Å². The van der Waals surface area contributed by atoms with Crippen LogP contribution in [0.25, 0.3) is 0 Å². The zero-order valence-corrected chi connectivity index (χ0v) is 19.1. The van der Waals surface area contributed by atoms with Crippen LogP contribution in [0.4, 0.5) is 19.3 Å². The SMILES string of the molecule is C=CCOC(=O)/C=C/C[C@H](OC)[C@@H](OC(=O)Nc1ccc(F)cc1F)c1ccc(OCCO)cc1. The summed E-state index contributed by atoms with van der Waals surface area (Å²) in [6, 6.07) is 9.21. The van der Waals surface area contributed by atoms with Crippen LogP contribution < -0.4 is 10.1 Å². The first-order valence-corrected chi connectivity index (χ1v) is 10.6. The zero-order valence-electron chi connectivity index (χ0n) is 19.1. The van der Waals surface area contributed by atoms with Crippen molar-refractivity contribution < 1.29 is 42.4 Å². The van der Waals surface area contributed by atoms with Crippen molar-refractivity contribution >= 4 is 17.7 Å². The normalized spacial score (nSPS) is 12.6. The third kappa shape index (κ3) is 9.19. The first kappa shape index (κ1) is 27.5. The number of anilines is 1. The Morgan fingerprint density at radius 3 is 2.54 bits per heavy atom. The molecular formula is C25H27F2NO7. The molecule has 0 bridgehead atoms. The van der Waals surface area contributed by atoms with E-state index in [9.17, 15) is 18.4 Å². The zero-order chi connectivity index (χ0) is 25.6. The van der Waals surface area contributed by atoms with E-state index in [-0.39, 0.29) is 31.9 Å². The lowest BCUT2D eigenvalue weighted by Crippen LogP contribution is -2.28. The predicted octanol–water partition coefficient (Wildman–Crippen LogP) is 4.32. The van der Waals surface area contributed by atoms with Gasteiger partial charge in [-0.15, -0.1) is 0 Å². The number of esters is 1. The first-order chi connectivity index (χ1) is 16.9. The number of aliphatic hydroxyl groups is 1. The monoisotopic (exact) mass is 491 g/mol. The molecule has 1 amide bonds. The van der Waals surface area contributed by atoms with Crippen molar-refractivity contribution in [3.05, 3.63) is 84.5 Å². The molecule has 0 spiro atoms. The van der Waals surface area contributed by atoms with Crippen molar-refractivity contribution in [3.63, 3.8) is 0 Å². The number of benzene rings is 2. The Labute approximate surface area is 201 Å². The van der Waals surface area contributed by atoms with Crippen molar-refractivity contribution in [2.24, 2.45) is 0 Å². The molecule has 2 rings (SSSR count). The molecular weight excluding hydrogens is 464 g/mol. The van der Waals surface area contributed by atoms with Gasteiger partial charge in [-0.25, -0.2) is 18.4 Å².